The topological polar surface area (TPSA) is 87.6 Å². The van der Waals surface area contributed by atoms with E-state index in [0.717, 1.165) is 34.3 Å². The zero-order valence-electron chi connectivity index (χ0n) is 20.4. The third-order valence-electron chi connectivity index (χ3n) is 6.38. The van der Waals surface area contributed by atoms with Crippen molar-refractivity contribution in [3.63, 3.8) is 0 Å². The number of nitrogens with zero attached hydrogens (tertiary/aromatic N) is 3. The van der Waals surface area contributed by atoms with E-state index in [-0.39, 0.29) is 5.56 Å². The Hall–Kier alpha value is -4.23. The van der Waals surface area contributed by atoms with Gasteiger partial charge in [0.25, 0.3) is 5.56 Å². The lowest BCUT2D eigenvalue weighted by molar-refractivity contribution is 0.584. The number of nitrogens with one attached hydrogen (secondary N) is 3. The summed E-state index contributed by atoms with van der Waals surface area (Å²) in [5, 5.41) is 7.81. The Bertz CT molecular complexity index is 1470. The van der Waals surface area contributed by atoms with Gasteiger partial charge in [-0.2, -0.15) is 0 Å². The standard InChI is InChI=1S/C29H30N6O/c1-21-7-5-6-8-22(21)11-14-32-28-29(36)35(27(20-33-28)23-9-3-2-4-10-23)16-15-31-19-25-17-24-18-30-13-12-26(24)34-25/h2-10,12-13,17-18,20,31,34H,11,14-16,19H2,1H3,(H,32,33). The highest BCUT2D eigenvalue weighted by atomic mass is 16.1. The van der Waals surface area contributed by atoms with Gasteiger partial charge in [0.2, 0.25) is 0 Å². The van der Waals surface area contributed by atoms with E-state index in [9.17, 15) is 4.79 Å². The summed E-state index contributed by atoms with van der Waals surface area (Å²) in [6, 6.07) is 22.3. The SMILES string of the molecule is Cc1ccccc1CCNc1ncc(-c2ccccc2)n(CCNCc2cc3cnccc3[nH]2)c1=O. The van der Waals surface area contributed by atoms with Gasteiger partial charge in [0, 0.05) is 55.2 Å². The Kier molecular flexibility index (Phi) is 7.19. The van der Waals surface area contributed by atoms with Gasteiger partial charge < -0.3 is 20.2 Å². The molecule has 0 atom stereocenters. The smallest absolute Gasteiger partial charge is 0.293 e. The molecule has 0 saturated carbocycles. The van der Waals surface area contributed by atoms with Gasteiger partial charge in [0.15, 0.2) is 5.82 Å². The second-order valence-electron chi connectivity index (χ2n) is 8.85. The summed E-state index contributed by atoms with van der Waals surface area (Å²) >= 11 is 0. The van der Waals surface area contributed by atoms with Crippen LogP contribution in [0.1, 0.15) is 16.8 Å². The van der Waals surface area contributed by atoms with Crippen molar-refractivity contribution in [2.45, 2.75) is 26.4 Å². The first kappa shape index (κ1) is 23.5. The van der Waals surface area contributed by atoms with Gasteiger partial charge in [-0.3, -0.25) is 9.78 Å². The maximum absolute atomic E-state index is 13.5. The number of aromatic amines is 1. The van der Waals surface area contributed by atoms with Crippen LogP contribution in [0.4, 0.5) is 5.82 Å². The molecule has 36 heavy (non-hydrogen) atoms. The van der Waals surface area contributed by atoms with Crippen LogP contribution in [0.2, 0.25) is 0 Å². The van der Waals surface area contributed by atoms with E-state index in [1.54, 1.807) is 17.0 Å². The molecule has 0 saturated heterocycles. The zero-order valence-corrected chi connectivity index (χ0v) is 20.4. The quantitative estimate of drug-likeness (QED) is 0.257. The van der Waals surface area contributed by atoms with Gasteiger partial charge >= 0.3 is 0 Å². The minimum absolute atomic E-state index is 0.111. The highest BCUT2D eigenvalue weighted by Crippen LogP contribution is 2.18. The molecule has 3 heterocycles. The van der Waals surface area contributed by atoms with Gasteiger partial charge in [0.1, 0.15) is 0 Å². The van der Waals surface area contributed by atoms with Gasteiger partial charge in [-0.25, -0.2) is 4.98 Å². The lowest BCUT2D eigenvalue weighted by atomic mass is 10.1. The fourth-order valence-electron chi connectivity index (χ4n) is 4.42. The van der Waals surface area contributed by atoms with Crippen molar-refractivity contribution in [3.8, 4) is 11.3 Å². The van der Waals surface area contributed by atoms with Crippen molar-refractivity contribution >= 4 is 16.7 Å². The molecule has 2 aromatic carbocycles. The molecule has 0 amide bonds. The molecule has 3 aromatic heterocycles. The van der Waals surface area contributed by atoms with E-state index >= 15 is 0 Å². The number of aromatic nitrogens is 4. The molecule has 0 spiro atoms. The largest absolute Gasteiger partial charge is 0.365 e. The maximum Gasteiger partial charge on any atom is 0.293 e. The molecule has 0 aliphatic carbocycles. The van der Waals surface area contributed by atoms with E-state index in [2.05, 4.69) is 50.7 Å². The van der Waals surface area contributed by atoms with E-state index in [4.69, 9.17) is 0 Å². The van der Waals surface area contributed by atoms with Gasteiger partial charge in [-0.1, -0.05) is 54.6 Å². The van der Waals surface area contributed by atoms with Crippen molar-refractivity contribution in [3.05, 3.63) is 112 Å². The Balaban J connectivity index is 1.29. The lowest BCUT2D eigenvalue weighted by Gasteiger charge is -2.15. The Morgan fingerprint density at radius 3 is 2.64 bits per heavy atom. The summed E-state index contributed by atoms with van der Waals surface area (Å²) in [5.74, 6) is 0.381. The molecule has 0 fully saturated rings. The normalized spacial score (nSPS) is 11.1. The van der Waals surface area contributed by atoms with Crippen molar-refractivity contribution in [1.29, 1.82) is 0 Å². The number of H-pyrrole nitrogens is 1. The van der Waals surface area contributed by atoms with Crippen molar-refractivity contribution in [2.75, 3.05) is 18.4 Å². The summed E-state index contributed by atoms with van der Waals surface area (Å²) in [7, 11) is 0. The first-order valence-corrected chi connectivity index (χ1v) is 12.2. The van der Waals surface area contributed by atoms with Crippen LogP contribution in [0.3, 0.4) is 0 Å². The third kappa shape index (κ3) is 5.37. The molecular formula is C29H30N6O. The molecule has 7 heteroatoms. The number of aryl methyl sites for hydroxylation is 1. The summed E-state index contributed by atoms with van der Waals surface area (Å²) in [6.45, 7) is 4.59. The minimum atomic E-state index is -0.111. The number of rotatable bonds is 10. The van der Waals surface area contributed by atoms with E-state index in [1.165, 1.54) is 11.1 Å². The van der Waals surface area contributed by atoms with Gasteiger partial charge in [0.05, 0.1) is 11.9 Å². The Labute approximate surface area is 210 Å². The minimum Gasteiger partial charge on any atom is -0.365 e. The van der Waals surface area contributed by atoms with Crippen molar-refractivity contribution in [1.82, 2.24) is 24.8 Å². The first-order valence-electron chi connectivity index (χ1n) is 12.2. The van der Waals surface area contributed by atoms with E-state index < -0.39 is 0 Å². The molecule has 182 valence electrons. The fourth-order valence-corrected chi connectivity index (χ4v) is 4.42. The van der Waals surface area contributed by atoms with E-state index in [1.807, 2.05) is 54.7 Å². The highest BCUT2D eigenvalue weighted by Gasteiger charge is 2.12. The molecule has 0 aliphatic rings. The first-order chi connectivity index (χ1) is 17.7. The number of hydrogen-bond donors (Lipinski definition) is 3. The van der Waals surface area contributed by atoms with Crippen LogP contribution < -0.4 is 16.2 Å². The molecule has 3 N–H and O–H groups in total. The van der Waals surface area contributed by atoms with Crippen LogP contribution in [0.5, 0.6) is 0 Å². The highest BCUT2D eigenvalue weighted by molar-refractivity contribution is 5.79. The molecule has 0 aliphatic heterocycles. The summed E-state index contributed by atoms with van der Waals surface area (Å²) in [4.78, 5) is 25.5. The van der Waals surface area contributed by atoms with Crippen LogP contribution in [0, 0.1) is 6.92 Å². The molecule has 5 aromatic rings. The molecule has 7 nitrogen and oxygen atoms in total. The second-order valence-corrected chi connectivity index (χ2v) is 8.85. The van der Waals surface area contributed by atoms with Crippen LogP contribution in [0.15, 0.2) is 90.1 Å². The monoisotopic (exact) mass is 478 g/mol. The number of hydrogen-bond acceptors (Lipinski definition) is 5. The number of fused-ring (bicyclic) bond motifs is 1. The molecule has 5 rings (SSSR count). The Morgan fingerprint density at radius 2 is 1.81 bits per heavy atom. The molecular weight excluding hydrogens is 448 g/mol. The van der Waals surface area contributed by atoms with Gasteiger partial charge in [-0.15, -0.1) is 0 Å². The van der Waals surface area contributed by atoms with Crippen molar-refractivity contribution < 1.29 is 0 Å². The third-order valence-corrected chi connectivity index (χ3v) is 6.38. The predicted molar refractivity (Wildman–Crippen MR) is 145 cm³/mol. The van der Waals surface area contributed by atoms with E-state index in [0.29, 0.717) is 32.0 Å². The zero-order chi connectivity index (χ0) is 24.7. The van der Waals surface area contributed by atoms with Crippen LogP contribution in [-0.4, -0.2) is 32.6 Å². The van der Waals surface area contributed by atoms with Crippen LogP contribution in [0.25, 0.3) is 22.2 Å². The molecule has 0 unspecified atom stereocenters. The lowest BCUT2D eigenvalue weighted by Crippen LogP contribution is -2.31. The number of pyridine rings is 1. The van der Waals surface area contributed by atoms with Crippen molar-refractivity contribution in [2.24, 2.45) is 0 Å². The average Bonchev–Trinajstić information content (AvgIpc) is 3.33. The molecule has 0 bridgehead atoms. The fraction of sp³-hybridized carbons (Fsp3) is 0.207. The summed E-state index contributed by atoms with van der Waals surface area (Å²) < 4.78 is 1.81. The number of anilines is 1. The van der Waals surface area contributed by atoms with Crippen LogP contribution >= 0.6 is 0 Å². The van der Waals surface area contributed by atoms with Gasteiger partial charge in [-0.05, 0) is 42.2 Å². The summed E-state index contributed by atoms with van der Waals surface area (Å²) in [5.41, 5.74) is 6.34. The summed E-state index contributed by atoms with van der Waals surface area (Å²) in [6.07, 6.45) is 6.25. The molecule has 0 radical (unpaired) electrons. The van der Waals surface area contributed by atoms with Crippen LogP contribution in [-0.2, 0) is 19.5 Å². The number of benzene rings is 2. The Morgan fingerprint density at radius 1 is 0.972 bits per heavy atom. The second kappa shape index (κ2) is 11.0. The average molecular weight is 479 g/mol. The maximum atomic E-state index is 13.5. The predicted octanol–water partition coefficient (Wildman–Crippen LogP) is 4.54.